The van der Waals surface area contributed by atoms with Gasteiger partial charge in [0.1, 0.15) is 5.60 Å². The number of hydrogen-bond donors (Lipinski definition) is 2. The largest absolute Gasteiger partial charge is 0.383 e. The number of hydrogen-bond acceptors (Lipinski definition) is 5. The minimum atomic E-state index is -0.892. The summed E-state index contributed by atoms with van der Waals surface area (Å²) in [5, 5.41) is 10.8. The summed E-state index contributed by atoms with van der Waals surface area (Å²) in [5.41, 5.74) is 1.84. The fourth-order valence-corrected chi connectivity index (χ4v) is 2.51. The van der Waals surface area contributed by atoms with Crippen LogP contribution in [0.5, 0.6) is 0 Å². The molecule has 1 aliphatic heterocycles. The third-order valence-electron chi connectivity index (χ3n) is 3.39. The van der Waals surface area contributed by atoms with Crippen LogP contribution in [0, 0.1) is 0 Å². The maximum Gasteiger partial charge on any atom is 0.117 e. The molecule has 1 aliphatic rings. The first-order valence-corrected chi connectivity index (χ1v) is 7.07. The highest BCUT2D eigenvalue weighted by atomic mass is 32.1. The van der Waals surface area contributed by atoms with Gasteiger partial charge >= 0.3 is 0 Å². The lowest BCUT2D eigenvalue weighted by atomic mass is 9.91. The SMILES string of the molecule is CC(S)c1ccc(C2(O)CCOC2)c(CN(C)C)n1. The van der Waals surface area contributed by atoms with Crippen LogP contribution in [0.4, 0.5) is 0 Å². The molecule has 1 N–H and O–H groups in total. The molecule has 1 fully saturated rings. The molecule has 0 aromatic carbocycles. The van der Waals surface area contributed by atoms with Crippen molar-refractivity contribution in [1.29, 1.82) is 0 Å². The molecule has 19 heavy (non-hydrogen) atoms. The average molecular weight is 282 g/mol. The Morgan fingerprint density at radius 3 is 2.79 bits per heavy atom. The van der Waals surface area contributed by atoms with E-state index in [4.69, 9.17) is 4.74 Å². The smallest absolute Gasteiger partial charge is 0.117 e. The van der Waals surface area contributed by atoms with Gasteiger partial charge in [-0.15, -0.1) is 0 Å². The molecule has 1 saturated heterocycles. The maximum absolute atomic E-state index is 10.7. The standard InChI is InChI=1S/C14H22N2O2S/c1-10(19)12-5-4-11(13(15-12)8-16(2)3)14(17)6-7-18-9-14/h4-5,10,17,19H,6-9H2,1-3H3. The van der Waals surface area contributed by atoms with Crippen LogP contribution in [0.2, 0.25) is 0 Å². The zero-order valence-electron chi connectivity index (χ0n) is 11.8. The normalized spacial score (nSPS) is 24.9. The molecule has 0 amide bonds. The van der Waals surface area contributed by atoms with E-state index < -0.39 is 5.60 Å². The highest BCUT2D eigenvalue weighted by Gasteiger charge is 2.36. The number of thiol groups is 1. The second-order valence-electron chi connectivity index (χ2n) is 5.48. The van der Waals surface area contributed by atoms with Crippen LogP contribution < -0.4 is 0 Å². The molecule has 106 valence electrons. The maximum atomic E-state index is 10.7. The molecule has 2 atom stereocenters. The van der Waals surface area contributed by atoms with Crippen LogP contribution in [-0.2, 0) is 16.9 Å². The molecule has 2 rings (SSSR count). The molecule has 0 spiro atoms. The molecule has 0 bridgehead atoms. The Balaban J connectivity index is 2.41. The van der Waals surface area contributed by atoms with Crippen LogP contribution in [0.15, 0.2) is 12.1 Å². The summed E-state index contributed by atoms with van der Waals surface area (Å²) in [6.07, 6.45) is 0.630. The third-order valence-corrected chi connectivity index (χ3v) is 3.66. The van der Waals surface area contributed by atoms with Gasteiger partial charge in [-0.05, 0) is 27.1 Å². The van der Waals surface area contributed by atoms with Crippen molar-refractivity contribution in [2.75, 3.05) is 27.3 Å². The van der Waals surface area contributed by atoms with Gasteiger partial charge in [0.25, 0.3) is 0 Å². The molecule has 1 aromatic rings. The molecule has 5 heteroatoms. The number of nitrogens with zero attached hydrogens (tertiary/aromatic N) is 2. The van der Waals surface area contributed by atoms with E-state index in [0.717, 1.165) is 17.0 Å². The van der Waals surface area contributed by atoms with Gasteiger partial charge in [0.2, 0.25) is 0 Å². The lowest BCUT2D eigenvalue weighted by molar-refractivity contribution is 0.0216. The fourth-order valence-electron chi connectivity index (χ4n) is 2.36. The summed E-state index contributed by atoms with van der Waals surface area (Å²) < 4.78 is 5.35. The summed E-state index contributed by atoms with van der Waals surface area (Å²) in [6.45, 7) is 3.65. The molecule has 0 radical (unpaired) electrons. The number of pyridine rings is 1. The van der Waals surface area contributed by atoms with Gasteiger partial charge < -0.3 is 14.7 Å². The van der Waals surface area contributed by atoms with Crippen molar-refractivity contribution >= 4 is 12.6 Å². The average Bonchev–Trinajstić information content (AvgIpc) is 2.76. The number of aromatic nitrogens is 1. The van der Waals surface area contributed by atoms with Crippen molar-refractivity contribution in [3.8, 4) is 0 Å². The lowest BCUT2D eigenvalue weighted by Gasteiger charge is -2.25. The Morgan fingerprint density at radius 1 is 1.53 bits per heavy atom. The molecule has 0 aliphatic carbocycles. The van der Waals surface area contributed by atoms with Gasteiger partial charge in [-0.3, -0.25) is 4.98 Å². The third kappa shape index (κ3) is 3.28. The second-order valence-corrected chi connectivity index (χ2v) is 6.25. The first kappa shape index (κ1) is 14.8. The summed E-state index contributed by atoms with van der Waals surface area (Å²) in [7, 11) is 3.99. The van der Waals surface area contributed by atoms with E-state index in [1.54, 1.807) is 0 Å². The summed E-state index contributed by atoms with van der Waals surface area (Å²) in [4.78, 5) is 6.72. The first-order chi connectivity index (χ1) is 8.92. The highest BCUT2D eigenvalue weighted by Crippen LogP contribution is 2.33. The Kier molecular flexibility index (Phi) is 4.50. The van der Waals surface area contributed by atoms with Crippen molar-refractivity contribution in [3.05, 3.63) is 29.1 Å². The fraction of sp³-hybridized carbons (Fsp3) is 0.643. The Labute approximate surface area is 120 Å². The Hall–Kier alpha value is -0.620. The minimum absolute atomic E-state index is 0.0874. The molecule has 4 nitrogen and oxygen atoms in total. The second kappa shape index (κ2) is 5.79. The molecule has 2 heterocycles. The van der Waals surface area contributed by atoms with E-state index in [1.807, 2.05) is 33.2 Å². The van der Waals surface area contributed by atoms with Gasteiger partial charge in [0.05, 0.1) is 18.0 Å². The monoisotopic (exact) mass is 282 g/mol. The summed E-state index contributed by atoms with van der Waals surface area (Å²) >= 11 is 4.43. The van der Waals surface area contributed by atoms with Gasteiger partial charge in [-0.1, -0.05) is 6.07 Å². The number of rotatable bonds is 4. The molecule has 1 aromatic heterocycles. The van der Waals surface area contributed by atoms with Crippen LogP contribution in [0.25, 0.3) is 0 Å². The van der Waals surface area contributed by atoms with Gasteiger partial charge in [-0.25, -0.2) is 0 Å². The quantitative estimate of drug-likeness (QED) is 0.826. The van der Waals surface area contributed by atoms with Crippen molar-refractivity contribution in [2.45, 2.75) is 30.7 Å². The number of ether oxygens (including phenoxy) is 1. The van der Waals surface area contributed by atoms with Gasteiger partial charge in [-0.2, -0.15) is 12.6 Å². The van der Waals surface area contributed by atoms with E-state index in [0.29, 0.717) is 26.2 Å². The topological polar surface area (TPSA) is 45.6 Å². The van der Waals surface area contributed by atoms with Crippen LogP contribution in [0.1, 0.15) is 35.5 Å². The zero-order valence-corrected chi connectivity index (χ0v) is 12.7. The van der Waals surface area contributed by atoms with E-state index in [-0.39, 0.29) is 5.25 Å². The molecule has 0 saturated carbocycles. The van der Waals surface area contributed by atoms with Crippen molar-refractivity contribution in [3.63, 3.8) is 0 Å². The predicted octanol–water partition coefficient (Wildman–Crippen LogP) is 1.74. The van der Waals surface area contributed by atoms with Crippen molar-refractivity contribution in [1.82, 2.24) is 9.88 Å². The molecular formula is C14H22N2O2S. The summed E-state index contributed by atoms with van der Waals surface area (Å²) in [6, 6.07) is 3.92. The van der Waals surface area contributed by atoms with Crippen molar-refractivity contribution in [2.24, 2.45) is 0 Å². The Bertz CT molecular complexity index is 443. The number of aliphatic hydroxyl groups is 1. The summed E-state index contributed by atoms with van der Waals surface area (Å²) in [5.74, 6) is 0. The van der Waals surface area contributed by atoms with E-state index in [9.17, 15) is 5.11 Å². The van der Waals surface area contributed by atoms with Crippen LogP contribution in [0.3, 0.4) is 0 Å². The first-order valence-electron chi connectivity index (χ1n) is 6.55. The zero-order chi connectivity index (χ0) is 14.0. The van der Waals surface area contributed by atoms with E-state index in [2.05, 4.69) is 22.5 Å². The van der Waals surface area contributed by atoms with Crippen LogP contribution in [-0.4, -0.2) is 42.3 Å². The highest BCUT2D eigenvalue weighted by molar-refractivity contribution is 7.80. The van der Waals surface area contributed by atoms with Crippen LogP contribution >= 0.6 is 12.6 Å². The predicted molar refractivity (Wildman–Crippen MR) is 78.4 cm³/mol. The molecular weight excluding hydrogens is 260 g/mol. The molecule has 2 unspecified atom stereocenters. The van der Waals surface area contributed by atoms with E-state index in [1.165, 1.54) is 0 Å². The van der Waals surface area contributed by atoms with Gasteiger partial charge in [0, 0.05) is 30.4 Å². The van der Waals surface area contributed by atoms with Crippen molar-refractivity contribution < 1.29 is 9.84 Å². The lowest BCUT2D eigenvalue weighted by Crippen LogP contribution is -2.29. The Morgan fingerprint density at radius 2 is 2.26 bits per heavy atom. The minimum Gasteiger partial charge on any atom is -0.383 e. The van der Waals surface area contributed by atoms with E-state index >= 15 is 0 Å². The van der Waals surface area contributed by atoms with Gasteiger partial charge in [0.15, 0.2) is 0 Å².